The van der Waals surface area contributed by atoms with Crippen LogP contribution in [0.2, 0.25) is 0 Å². The van der Waals surface area contributed by atoms with E-state index in [-0.39, 0.29) is 22.6 Å². The van der Waals surface area contributed by atoms with E-state index >= 15 is 0 Å². The van der Waals surface area contributed by atoms with Gasteiger partial charge in [-0.2, -0.15) is 0 Å². The summed E-state index contributed by atoms with van der Waals surface area (Å²) in [5.41, 5.74) is 0.613. The highest BCUT2D eigenvalue weighted by Crippen LogP contribution is 2.28. The Balaban J connectivity index is 1.86. The summed E-state index contributed by atoms with van der Waals surface area (Å²) in [6, 6.07) is 12.3. The van der Waals surface area contributed by atoms with E-state index in [1.54, 1.807) is 32.9 Å². The van der Waals surface area contributed by atoms with E-state index in [2.05, 4.69) is 20.8 Å². The Hall–Kier alpha value is -3.08. The first kappa shape index (κ1) is 20.6. The third kappa shape index (κ3) is 4.67. The van der Waals surface area contributed by atoms with E-state index in [0.29, 0.717) is 22.5 Å². The van der Waals surface area contributed by atoms with Crippen molar-refractivity contribution in [2.75, 3.05) is 0 Å². The van der Waals surface area contributed by atoms with Crippen LogP contribution in [0, 0.1) is 5.41 Å². The maximum Gasteiger partial charge on any atom is 0.316 e. The zero-order valence-electron chi connectivity index (χ0n) is 17.7. The number of ether oxygens (including phenoxy) is 2. The molecule has 0 saturated heterocycles. The van der Waals surface area contributed by atoms with Gasteiger partial charge in [-0.1, -0.05) is 32.9 Å². The molecule has 0 spiro atoms. The number of esters is 1. The van der Waals surface area contributed by atoms with Crippen molar-refractivity contribution in [1.29, 1.82) is 0 Å². The molecule has 1 aromatic heterocycles. The quantitative estimate of drug-likeness (QED) is 0.413. The van der Waals surface area contributed by atoms with Crippen LogP contribution >= 0.6 is 0 Å². The van der Waals surface area contributed by atoms with Crippen molar-refractivity contribution in [2.24, 2.45) is 5.41 Å². The molecule has 0 aliphatic carbocycles. The minimum Gasteiger partial charge on any atom is -0.460 e. The molecule has 0 aliphatic rings. The number of carbonyl (C=O) groups excluding carboxylic acids is 1. The van der Waals surface area contributed by atoms with E-state index in [0.717, 1.165) is 0 Å². The number of carbonyl (C=O) groups is 1. The van der Waals surface area contributed by atoms with Crippen molar-refractivity contribution >= 4 is 16.9 Å². The molecule has 0 unspecified atom stereocenters. The SMILES string of the molecule is CC(C)(C)C(=O)Oc1ccc2c(=O)c(Oc3ccc(C(C)(C)C)cc3)coc2c1. The molecule has 2 aromatic carbocycles. The Labute approximate surface area is 170 Å². The minimum absolute atomic E-state index is 0.0364. The summed E-state index contributed by atoms with van der Waals surface area (Å²) in [6.07, 6.45) is 1.28. The molecule has 0 atom stereocenters. The van der Waals surface area contributed by atoms with Crippen molar-refractivity contribution in [3.63, 3.8) is 0 Å². The van der Waals surface area contributed by atoms with Gasteiger partial charge in [0.15, 0.2) is 0 Å². The Morgan fingerprint density at radius 1 is 0.897 bits per heavy atom. The molecule has 0 aliphatic heterocycles. The molecule has 0 fully saturated rings. The lowest BCUT2D eigenvalue weighted by molar-refractivity contribution is -0.142. The van der Waals surface area contributed by atoms with Crippen molar-refractivity contribution < 1.29 is 18.7 Å². The average molecular weight is 394 g/mol. The molecule has 3 aromatic rings. The number of hydrogen-bond donors (Lipinski definition) is 0. The highest BCUT2D eigenvalue weighted by Gasteiger charge is 2.24. The molecule has 0 saturated carbocycles. The number of benzene rings is 2. The van der Waals surface area contributed by atoms with Gasteiger partial charge in [0.1, 0.15) is 23.3 Å². The molecular formula is C24H26O5. The van der Waals surface area contributed by atoms with Gasteiger partial charge in [-0.05, 0) is 56.0 Å². The Morgan fingerprint density at radius 3 is 2.10 bits per heavy atom. The molecule has 0 radical (unpaired) electrons. The first-order valence-corrected chi connectivity index (χ1v) is 9.51. The first-order valence-electron chi connectivity index (χ1n) is 9.51. The summed E-state index contributed by atoms with van der Waals surface area (Å²) < 4.78 is 16.7. The standard InChI is InChI=1S/C24H26O5/c1-23(2,3)15-7-9-16(10-8-15)28-20-14-27-19-13-17(11-12-18(19)21(20)25)29-22(26)24(4,5)6/h7-14H,1-6H3. The predicted octanol–water partition coefficient (Wildman–Crippen LogP) is 5.83. The fourth-order valence-electron chi connectivity index (χ4n) is 2.63. The number of rotatable bonds is 3. The van der Waals surface area contributed by atoms with Gasteiger partial charge in [0.2, 0.25) is 11.2 Å². The molecule has 29 heavy (non-hydrogen) atoms. The van der Waals surface area contributed by atoms with Crippen LogP contribution in [-0.2, 0) is 10.2 Å². The molecule has 0 N–H and O–H groups in total. The molecule has 5 nitrogen and oxygen atoms in total. The summed E-state index contributed by atoms with van der Waals surface area (Å²) >= 11 is 0. The van der Waals surface area contributed by atoms with E-state index in [1.165, 1.54) is 17.9 Å². The lowest BCUT2D eigenvalue weighted by Gasteiger charge is -2.19. The zero-order chi connectivity index (χ0) is 21.4. The number of hydrogen-bond acceptors (Lipinski definition) is 5. The second kappa shape index (κ2) is 7.39. The number of fused-ring (bicyclic) bond motifs is 1. The second-order valence-electron chi connectivity index (χ2n) is 9.10. The second-order valence-corrected chi connectivity index (χ2v) is 9.10. The van der Waals surface area contributed by atoms with E-state index in [9.17, 15) is 9.59 Å². The third-order valence-electron chi connectivity index (χ3n) is 4.49. The molecular weight excluding hydrogens is 368 g/mol. The van der Waals surface area contributed by atoms with Gasteiger partial charge in [-0.3, -0.25) is 9.59 Å². The van der Waals surface area contributed by atoms with Gasteiger partial charge in [0.25, 0.3) is 0 Å². The maximum absolute atomic E-state index is 12.8. The zero-order valence-corrected chi connectivity index (χ0v) is 17.7. The van der Waals surface area contributed by atoms with Crippen molar-refractivity contribution in [3.05, 3.63) is 64.5 Å². The minimum atomic E-state index is -0.629. The fourth-order valence-corrected chi connectivity index (χ4v) is 2.63. The highest BCUT2D eigenvalue weighted by atomic mass is 16.5. The monoisotopic (exact) mass is 394 g/mol. The summed E-state index contributed by atoms with van der Waals surface area (Å²) in [6.45, 7) is 11.7. The fraction of sp³-hybridized carbons (Fsp3) is 0.333. The van der Waals surface area contributed by atoms with Gasteiger partial charge in [0.05, 0.1) is 10.8 Å². The third-order valence-corrected chi connectivity index (χ3v) is 4.49. The normalized spacial score (nSPS) is 12.1. The van der Waals surface area contributed by atoms with E-state index in [1.807, 2.05) is 24.3 Å². The van der Waals surface area contributed by atoms with Crippen LogP contribution in [0.1, 0.15) is 47.1 Å². The van der Waals surface area contributed by atoms with Crippen LogP contribution in [0.25, 0.3) is 11.0 Å². The van der Waals surface area contributed by atoms with Gasteiger partial charge in [-0.15, -0.1) is 0 Å². The van der Waals surface area contributed by atoms with Crippen LogP contribution in [0.15, 0.2) is 57.9 Å². The van der Waals surface area contributed by atoms with E-state index in [4.69, 9.17) is 13.9 Å². The van der Waals surface area contributed by atoms with Crippen LogP contribution < -0.4 is 14.9 Å². The largest absolute Gasteiger partial charge is 0.460 e. The molecule has 5 heteroatoms. The van der Waals surface area contributed by atoms with Gasteiger partial charge in [0, 0.05) is 6.07 Å². The summed E-state index contributed by atoms with van der Waals surface area (Å²) in [4.78, 5) is 24.8. The van der Waals surface area contributed by atoms with Crippen LogP contribution in [0.3, 0.4) is 0 Å². The van der Waals surface area contributed by atoms with Crippen molar-refractivity contribution in [3.8, 4) is 17.2 Å². The van der Waals surface area contributed by atoms with Crippen LogP contribution in [0.4, 0.5) is 0 Å². The summed E-state index contributed by atoms with van der Waals surface area (Å²) in [5, 5.41) is 0.351. The predicted molar refractivity (Wildman–Crippen MR) is 113 cm³/mol. The lowest BCUT2D eigenvalue weighted by Crippen LogP contribution is -2.25. The molecule has 3 rings (SSSR count). The Kier molecular flexibility index (Phi) is 5.26. The average Bonchev–Trinajstić information content (AvgIpc) is 2.63. The first-order chi connectivity index (χ1) is 13.4. The highest BCUT2D eigenvalue weighted by molar-refractivity contribution is 5.82. The maximum atomic E-state index is 12.8. The van der Waals surface area contributed by atoms with Crippen LogP contribution in [-0.4, -0.2) is 5.97 Å². The summed E-state index contributed by atoms with van der Waals surface area (Å²) in [7, 11) is 0. The molecule has 0 amide bonds. The van der Waals surface area contributed by atoms with Crippen molar-refractivity contribution in [1.82, 2.24) is 0 Å². The Bertz CT molecular complexity index is 1090. The molecule has 1 heterocycles. The molecule has 152 valence electrons. The molecule has 0 bridgehead atoms. The lowest BCUT2D eigenvalue weighted by atomic mass is 9.87. The van der Waals surface area contributed by atoms with Gasteiger partial charge < -0.3 is 13.9 Å². The van der Waals surface area contributed by atoms with Crippen molar-refractivity contribution in [2.45, 2.75) is 47.0 Å². The van der Waals surface area contributed by atoms with Gasteiger partial charge >= 0.3 is 5.97 Å². The van der Waals surface area contributed by atoms with Gasteiger partial charge in [-0.25, -0.2) is 0 Å². The smallest absolute Gasteiger partial charge is 0.316 e. The topological polar surface area (TPSA) is 65.7 Å². The Morgan fingerprint density at radius 2 is 1.52 bits per heavy atom. The van der Waals surface area contributed by atoms with Crippen LogP contribution in [0.5, 0.6) is 17.2 Å². The van der Waals surface area contributed by atoms with E-state index < -0.39 is 5.41 Å². The summed E-state index contributed by atoms with van der Waals surface area (Å²) in [5.74, 6) is 0.616.